The number of nitro benzene ring substituents is 3. The molecule has 316 valence electrons. The van der Waals surface area contributed by atoms with E-state index in [2.05, 4.69) is 28.3 Å². The van der Waals surface area contributed by atoms with Crippen LogP contribution in [-0.2, 0) is 43.6 Å². The Hall–Kier alpha value is -7.37. The van der Waals surface area contributed by atoms with Crippen LogP contribution in [-0.4, -0.2) is 116 Å². The van der Waals surface area contributed by atoms with Crippen LogP contribution < -0.4 is 10.6 Å². The first-order valence-electron chi connectivity index (χ1n) is 17.9. The fourth-order valence-electron chi connectivity index (χ4n) is 5.89. The maximum atomic E-state index is 13.4. The molecule has 3 aromatic rings. The number of nitrogens with one attached hydrogen (secondary N) is 2. The van der Waals surface area contributed by atoms with Crippen LogP contribution >= 0.6 is 12.6 Å². The third-order valence-electron chi connectivity index (χ3n) is 9.05. The van der Waals surface area contributed by atoms with Gasteiger partial charge >= 0.3 is 18.3 Å². The molecule has 5 amide bonds. The highest BCUT2D eigenvalue weighted by molar-refractivity contribution is 7.81. The zero-order chi connectivity index (χ0) is 43.5. The second-order valence-corrected chi connectivity index (χ2v) is 14.2. The Kier molecular flexibility index (Phi) is 14.5. The standard InChI is InChI=1S/C36H37N9O14S/c1-40(33(38-34(48)57-19-22-2-8-26(9-3-22)43(51)52)39-35(49)58-20-23-4-10-27(11-5-23)44(53)54)18-31(46)37-25-15-41(16-25)32(47)30-14-29(60)17-42(30)36(50)59-21-24-6-12-28(13-7-24)45(55)56/h2-13,25,29-30,60H,14-21H2,1H3,(H,37,46)(H,38,39,48,49)/t29-,30-/m0/s1. The number of carbonyl (C=O) groups is 5. The summed E-state index contributed by atoms with van der Waals surface area (Å²) in [6.07, 6.45) is -2.79. The Morgan fingerprint density at radius 2 is 1.22 bits per heavy atom. The molecule has 5 rings (SSSR count). The largest absolute Gasteiger partial charge is 0.445 e. The van der Waals surface area contributed by atoms with E-state index in [-0.39, 0.29) is 74.1 Å². The van der Waals surface area contributed by atoms with Gasteiger partial charge in [0.2, 0.25) is 17.8 Å². The lowest BCUT2D eigenvalue weighted by atomic mass is 10.1. The smallest absolute Gasteiger partial charge is 0.437 e. The summed E-state index contributed by atoms with van der Waals surface area (Å²) in [5.41, 5.74) is 0.853. The van der Waals surface area contributed by atoms with Crippen LogP contribution in [0.25, 0.3) is 0 Å². The van der Waals surface area contributed by atoms with Gasteiger partial charge in [-0.1, -0.05) is 0 Å². The molecule has 2 saturated heterocycles. The van der Waals surface area contributed by atoms with E-state index in [9.17, 15) is 54.3 Å². The average Bonchev–Trinajstić information content (AvgIpc) is 3.61. The van der Waals surface area contributed by atoms with Crippen molar-refractivity contribution in [1.29, 1.82) is 0 Å². The molecule has 2 atom stereocenters. The molecule has 0 bridgehead atoms. The number of hydrogen-bond acceptors (Lipinski definition) is 15. The Bertz CT molecular complexity index is 2150. The van der Waals surface area contributed by atoms with E-state index in [1.807, 2.05) is 0 Å². The lowest BCUT2D eigenvalue weighted by molar-refractivity contribution is -0.385. The summed E-state index contributed by atoms with van der Waals surface area (Å²) in [5.74, 6) is -1.42. The molecule has 0 saturated carbocycles. The zero-order valence-corrected chi connectivity index (χ0v) is 32.5. The number of non-ortho nitro benzene ring substituents is 3. The molecule has 0 aliphatic carbocycles. The molecule has 2 aliphatic rings. The Morgan fingerprint density at radius 1 is 0.750 bits per heavy atom. The number of likely N-dealkylation sites (N-methyl/N-ethyl adjacent to an activating group) is 1. The molecule has 0 spiro atoms. The average molecular weight is 852 g/mol. The molecular formula is C36H37N9O14S. The van der Waals surface area contributed by atoms with Crippen LogP contribution in [0.2, 0.25) is 0 Å². The molecule has 2 heterocycles. The minimum absolute atomic E-state index is 0.108. The van der Waals surface area contributed by atoms with Crippen LogP contribution in [0.3, 0.4) is 0 Å². The summed E-state index contributed by atoms with van der Waals surface area (Å²) in [6, 6.07) is 14.5. The van der Waals surface area contributed by atoms with E-state index in [0.717, 1.165) is 4.90 Å². The number of hydrogen-bond donors (Lipinski definition) is 3. The maximum absolute atomic E-state index is 13.4. The number of alkyl carbamates (subject to hydrolysis) is 1. The van der Waals surface area contributed by atoms with E-state index < -0.39 is 63.5 Å². The normalized spacial score (nSPS) is 16.2. The number of likely N-dealkylation sites (tertiary alicyclic amines) is 2. The molecular weight excluding hydrogens is 815 g/mol. The van der Waals surface area contributed by atoms with Crippen molar-refractivity contribution in [3.63, 3.8) is 0 Å². The fourth-order valence-corrected chi connectivity index (χ4v) is 6.27. The highest BCUT2D eigenvalue weighted by Gasteiger charge is 2.44. The van der Waals surface area contributed by atoms with Crippen molar-refractivity contribution in [3.8, 4) is 0 Å². The van der Waals surface area contributed by atoms with Crippen molar-refractivity contribution in [3.05, 3.63) is 120 Å². The van der Waals surface area contributed by atoms with Gasteiger partial charge in [0, 0.05) is 68.3 Å². The number of guanidine groups is 1. The lowest BCUT2D eigenvalue weighted by Crippen LogP contribution is -2.64. The number of ether oxygens (including phenoxy) is 3. The Balaban J connectivity index is 1.14. The van der Waals surface area contributed by atoms with E-state index in [0.29, 0.717) is 16.7 Å². The van der Waals surface area contributed by atoms with Crippen molar-refractivity contribution in [2.75, 3.05) is 33.2 Å². The number of carbonyl (C=O) groups excluding carboxylic acids is 5. The monoisotopic (exact) mass is 851 g/mol. The van der Waals surface area contributed by atoms with Gasteiger partial charge in [-0.3, -0.25) is 50.1 Å². The summed E-state index contributed by atoms with van der Waals surface area (Å²) in [6.45, 7) is -0.929. The van der Waals surface area contributed by atoms with Crippen molar-refractivity contribution in [2.24, 2.45) is 4.99 Å². The molecule has 2 aliphatic heterocycles. The molecule has 3 aromatic carbocycles. The van der Waals surface area contributed by atoms with Gasteiger partial charge in [-0.25, -0.2) is 14.4 Å². The first-order chi connectivity index (χ1) is 28.6. The third-order valence-corrected chi connectivity index (χ3v) is 9.42. The second-order valence-electron chi connectivity index (χ2n) is 13.4. The van der Waals surface area contributed by atoms with Gasteiger partial charge in [-0.2, -0.15) is 12.6 Å². The first-order valence-corrected chi connectivity index (χ1v) is 18.4. The van der Waals surface area contributed by atoms with Gasteiger partial charge in [0.1, 0.15) is 25.9 Å². The molecule has 23 nitrogen and oxygen atoms in total. The van der Waals surface area contributed by atoms with Crippen LogP contribution in [0, 0.1) is 30.3 Å². The predicted molar refractivity (Wildman–Crippen MR) is 209 cm³/mol. The van der Waals surface area contributed by atoms with E-state index >= 15 is 0 Å². The van der Waals surface area contributed by atoms with E-state index in [1.165, 1.54) is 89.6 Å². The summed E-state index contributed by atoms with van der Waals surface area (Å²) in [7, 11) is 1.33. The van der Waals surface area contributed by atoms with E-state index in [1.54, 1.807) is 0 Å². The van der Waals surface area contributed by atoms with Crippen LogP contribution in [0.4, 0.5) is 31.4 Å². The van der Waals surface area contributed by atoms with Crippen molar-refractivity contribution in [1.82, 2.24) is 25.3 Å². The summed E-state index contributed by atoms with van der Waals surface area (Å²) in [5, 5.41) is 37.5. The first kappa shape index (κ1) is 43.7. The Morgan fingerprint density at radius 3 is 1.70 bits per heavy atom. The number of nitro groups is 3. The quantitative estimate of drug-likeness (QED) is 0.0555. The van der Waals surface area contributed by atoms with Gasteiger partial charge in [-0.15, -0.1) is 4.99 Å². The molecule has 24 heteroatoms. The highest BCUT2D eigenvalue weighted by Crippen LogP contribution is 2.26. The SMILES string of the molecule is CN(CC(=O)NC1CN(C(=O)[C@@H]2C[C@H](S)CN2C(=O)OCc2ccc([N+](=O)[O-])cc2)C1)/C(=N\C(=O)OCc1ccc([N+](=O)[O-])cc1)NC(=O)OCc1ccc([N+](=O)[O-])cc1. The zero-order valence-electron chi connectivity index (χ0n) is 31.6. The number of amides is 5. The molecule has 0 radical (unpaired) electrons. The van der Waals surface area contributed by atoms with Crippen LogP contribution in [0.15, 0.2) is 77.8 Å². The predicted octanol–water partition coefficient (Wildman–Crippen LogP) is 3.30. The molecule has 2 N–H and O–H groups in total. The van der Waals surface area contributed by atoms with Crippen molar-refractivity contribution in [2.45, 2.75) is 43.6 Å². The number of aliphatic imine (C=N–C) groups is 1. The lowest BCUT2D eigenvalue weighted by Gasteiger charge is -2.42. The summed E-state index contributed by atoms with van der Waals surface area (Å²) >= 11 is 4.45. The summed E-state index contributed by atoms with van der Waals surface area (Å²) < 4.78 is 15.7. The van der Waals surface area contributed by atoms with Crippen molar-refractivity contribution < 1.29 is 53.0 Å². The Labute approximate surface area is 345 Å². The molecule has 0 unspecified atom stereocenters. The number of nitrogens with zero attached hydrogens (tertiary/aromatic N) is 7. The van der Waals surface area contributed by atoms with Gasteiger partial charge in [0.15, 0.2) is 0 Å². The molecule has 0 aromatic heterocycles. The van der Waals surface area contributed by atoms with Crippen molar-refractivity contribution >= 4 is 65.7 Å². The van der Waals surface area contributed by atoms with Gasteiger partial charge in [0.05, 0.1) is 27.4 Å². The topological polar surface area (TPSA) is 289 Å². The molecule has 2 fully saturated rings. The number of benzene rings is 3. The maximum Gasteiger partial charge on any atom is 0.437 e. The molecule has 60 heavy (non-hydrogen) atoms. The highest BCUT2D eigenvalue weighted by atomic mass is 32.1. The fraction of sp³-hybridized carbons (Fsp3) is 0.333. The number of thiol groups is 1. The minimum Gasteiger partial charge on any atom is -0.445 e. The van der Waals surface area contributed by atoms with Gasteiger partial charge in [0.25, 0.3) is 17.1 Å². The third kappa shape index (κ3) is 12.1. The van der Waals surface area contributed by atoms with Crippen LogP contribution in [0.5, 0.6) is 0 Å². The summed E-state index contributed by atoms with van der Waals surface area (Å²) in [4.78, 5) is 104. The second kappa shape index (κ2) is 19.9. The number of rotatable bonds is 13. The minimum atomic E-state index is -1.20. The van der Waals surface area contributed by atoms with Gasteiger partial charge < -0.3 is 29.3 Å². The van der Waals surface area contributed by atoms with E-state index in [4.69, 9.17) is 14.2 Å². The van der Waals surface area contributed by atoms with Crippen LogP contribution in [0.1, 0.15) is 23.1 Å². The van der Waals surface area contributed by atoms with Gasteiger partial charge in [-0.05, 0) is 59.5 Å².